The molecule has 22 heavy (non-hydrogen) atoms. The molecule has 1 aliphatic heterocycles. The number of rotatable bonds is 6. The number of amides is 1. The zero-order chi connectivity index (χ0) is 15.3. The van der Waals surface area contributed by atoms with E-state index < -0.39 is 0 Å². The van der Waals surface area contributed by atoms with Crippen LogP contribution in [0.4, 0.5) is 0 Å². The third-order valence-corrected chi connectivity index (χ3v) is 5.65. The van der Waals surface area contributed by atoms with Crippen LogP contribution in [-0.4, -0.2) is 36.2 Å². The van der Waals surface area contributed by atoms with E-state index in [1.807, 2.05) is 17.0 Å². The molecule has 0 aliphatic carbocycles. The Hall–Kier alpha value is -0.230. The number of halogens is 2. The van der Waals surface area contributed by atoms with Crippen LogP contribution in [0.15, 0.2) is 33.6 Å². The molecule has 1 heterocycles. The minimum Gasteiger partial charge on any atom is -0.342 e. The zero-order valence-electron chi connectivity index (χ0n) is 12.9. The third-order valence-electron chi connectivity index (χ3n) is 4.02. The van der Waals surface area contributed by atoms with E-state index in [9.17, 15) is 4.79 Å². The van der Waals surface area contributed by atoms with Gasteiger partial charge in [-0.1, -0.05) is 22.9 Å². The molecule has 6 heteroatoms. The fourth-order valence-electron chi connectivity index (χ4n) is 2.51. The van der Waals surface area contributed by atoms with Gasteiger partial charge < -0.3 is 10.6 Å². The Balaban J connectivity index is 0.00000242. The van der Waals surface area contributed by atoms with E-state index in [1.165, 1.54) is 4.90 Å². The lowest BCUT2D eigenvalue weighted by molar-refractivity contribution is -0.130. The molecule has 124 valence electrons. The van der Waals surface area contributed by atoms with Gasteiger partial charge in [0.1, 0.15) is 0 Å². The summed E-state index contributed by atoms with van der Waals surface area (Å²) in [5, 5.41) is 0. The second-order valence-electron chi connectivity index (χ2n) is 5.99. The number of thioether (sulfide) groups is 1. The maximum atomic E-state index is 12.2. The average molecular weight is 408 g/mol. The molecule has 2 N–H and O–H groups in total. The molecule has 0 radical (unpaired) electrons. The van der Waals surface area contributed by atoms with Crippen LogP contribution in [-0.2, 0) is 4.79 Å². The summed E-state index contributed by atoms with van der Waals surface area (Å²) in [6.07, 6.45) is 2.60. The van der Waals surface area contributed by atoms with Crippen LogP contribution >= 0.6 is 40.1 Å². The normalized spacial score (nSPS) is 20.8. The van der Waals surface area contributed by atoms with Crippen LogP contribution in [0.3, 0.4) is 0 Å². The Labute approximate surface area is 151 Å². The van der Waals surface area contributed by atoms with Crippen molar-refractivity contribution in [2.75, 3.05) is 25.4 Å². The van der Waals surface area contributed by atoms with Gasteiger partial charge in [0.2, 0.25) is 5.91 Å². The fraction of sp³-hybridized carbons (Fsp3) is 0.562. The minimum absolute atomic E-state index is 0. The SMILES string of the molecule is CC1(CN)CCN(C(=O)CCCSc2ccc(Br)cc2)C1.Cl. The van der Waals surface area contributed by atoms with Crippen LogP contribution in [0.1, 0.15) is 26.2 Å². The first-order valence-corrected chi connectivity index (χ1v) is 9.16. The van der Waals surface area contributed by atoms with Crippen molar-refractivity contribution in [2.45, 2.75) is 31.1 Å². The van der Waals surface area contributed by atoms with E-state index in [1.54, 1.807) is 11.8 Å². The lowest BCUT2D eigenvalue weighted by atomic mass is 9.90. The highest BCUT2D eigenvalue weighted by Gasteiger charge is 2.34. The van der Waals surface area contributed by atoms with Crippen molar-refractivity contribution in [3.8, 4) is 0 Å². The Bertz CT molecular complexity index is 486. The summed E-state index contributed by atoms with van der Waals surface area (Å²) in [5.74, 6) is 1.26. The van der Waals surface area contributed by atoms with E-state index in [2.05, 4.69) is 35.0 Å². The lowest BCUT2D eigenvalue weighted by Gasteiger charge is -2.22. The van der Waals surface area contributed by atoms with Crippen molar-refractivity contribution in [1.29, 1.82) is 0 Å². The molecule has 0 spiro atoms. The van der Waals surface area contributed by atoms with Crippen LogP contribution < -0.4 is 5.73 Å². The van der Waals surface area contributed by atoms with Crippen molar-refractivity contribution in [3.63, 3.8) is 0 Å². The smallest absolute Gasteiger partial charge is 0.222 e. The highest BCUT2D eigenvalue weighted by Crippen LogP contribution is 2.29. The van der Waals surface area contributed by atoms with E-state index in [-0.39, 0.29) is 23.7 Å². The predicted molar refractivity (Wildman–Crippen MR) is 99.7 cm³/mol. The van der Waals surface area contributed by atoms with Gasteiger partial charge in [-0.3, -0.25) is 4.79 Å². The molecule has 0 bridgehead atoms. The Morgan fingerprint density at radius 2 is 2.09 bits per heavy atom. The fourth-order valence-corrected chi connectivity index (χ4v) is 3.62. The van der Waals surface area contributed by atoms with Crippen LogP contribution in [0.2, 0.25) is 0 Å². The molecule has 1 fully saturated rings. The molecular formula is C16H24BrClN2OS. The molecule has 1 atom stereocenters. The van der Waals surface area contributed by atoms with Gasteiger partial charge in [0.25, 0.3) is 0 Å². The minimum atomic E-state index is 0. The van der Waals surface area contributed by atoms with E-state index in [0.29, 0.717) is 13.0 Å². The maximum absolute atomic E-state index is 12.2. The molecule has 1 aromatic rings. The third kappa shape index (κ3) is 5.76. The van der Waals surface area contributed by atoms with Crippen molar-refractivity contribution >= 4 is 46.0 Å². The zero-order valence-corrected chi connectivity index (χ0v) is 16.1. The largest absolute Gasteiger partial charge is 0.342 e. The van der Waals surface area contributed by atoms with Crippen LogP contribution in [0.25, 0.3) is 0 Å². The standard InChI is InChI=1S/C16H23BrN2OS.ClH/c1-16(11-18)8-9-19(12-16)15(20)3-2-10-21-14-6-4-13(17)5-7-14;/h4-7H,2-3,8-12,18H2,1H3;1H. The number of benzene rings is 1. The lowest BCUT2D eigenvalue weighted by Crippen LogP contribution is -2.34. The summed E-state index contributed by atoms with van der Waals surface area (Å²) >= 11 is 5.24. The molecule has 1 aromatic carbocycles. The Kier molecular flexibility index (Phi) is 8.25. The summed E-state index contributed by atoms with van der Waals surface area (Å²) in [7, 11) is 0. The molecule has 2 rings (SSSR count). The van der Waals surface area contributed by atoms with Gasteiger partial charge in [0.05, 0.1) is 0 Å². The highest BCUT2D eigenvalue weighted by atomic mass is 79.9. The number of hydrogen-bond donors (Lipinski definition) is 1. The number of nitrogens with zero attached hydrogens (tertiary/aromatic N) is 1. The van der Waals surface area contributed by atoms with E-state index >= 15 is 0 Å². The molecule has 1 unspecified atom stereocenters. The average Bonchev–Trinajstić information content (AvgIpc) is 2.89. The number of hydrogen-bond acceptors (Lipinski definition) is 3. The highest BCUT2D eigenvalue weighted by molar-refractivity contribution is 9.10. The molecule has 1 aliphatic rings. The number of likely N-dealkylation sites (tertiary alicyclic amines) is 1. The van der Waals surface area contributed by atoms with Gasteiger partial charge in [0, 0.05) is 28.9 Å². The molecular weight excluding hydrogens is 384 g/mol. The molecule has 0 saturated carbocycles. The maximum Gasteiger partial charge on any atom is 0.222 e. The first-order chi connectivity index (χ1) is 10.0. The molecule has 3 nitrogen and oxygen atoms in total. The predicted octanol–water partition coefficient (Wildman–Crippen LogP) is 3.94. The first-order valence-electron chi connectivity index (χ1n) is 7.39. The number of nitrogens with two attached hydrogens (primary N) is 1. The summed E-state index contributed by atoms with van der Waals surface area (Å²) < 4.78 is 1.10. The second kappa shape index (κ2) is 9.16. The summed E-state index contributed by atoms with van der Waals surface area (Å²) in [6.45, 7) is 4.52. The van der Waals surface area contributed by atoms with Gasteiger partial charge in [-0.25, -0.2) is 0 Å². The summed E-state index contributed by atoms with van der Waals surface area (Å²) in [4.78, 5) is 15.4. The monoisotopic (exact) mass is 406 g/mol. The van der Waals surface area contributed by atoms with Gasteiger partial charge in [-0.2, -0.15) is 0 Å². The van der Waals surface area contributed by atoms with Gasteiger partial charge in [-0.15, -0.1) is 24.2 Å². The van der Waals surface area contributed by atoms with Gasteiger partial charge in [-0.05, 0) is 54.8 Å². The van der Waals surface area contributed by atoms with Crippen molar-refractivity contribution < 1.29 is 4.79 Å². The molecule has 0 aromatic heterocycles. The molecule has 1 saturated heterocycles. The Morgan fingerprint density at radius 1 is 1.41 bits per heavy atom. The van der Waals surface area contributed by atoms with Crippen LogP contribution in [0.5, 0.6) is 0 Å². The van der Waals surface area contributed by atoms with Crippen LogP contribution in [0, 0.1) is 5.41 Å². The topological polar surface area (TPSA) is 46.3 Å². The van der Waals surface area contributed by atoms with Crippen molar-refractivity contribution in [3.05, 3.63) is 28.7 Å². The summed E-state index contributed by atoms with van der Waals surface area (Å²) in [5.41, 5.74) is 5.91. The number of carbonyl (C=O) groups excluding carboxylic acids is 1. The molecule has 1 amide bonds. The second-order valence-corrected chi connectivity index (χ2v) is 8.07. The van der Waals surface area contributed by atoms with E-state index in [0.717, 1.165) is 36.2 Å². The quantitative estimate of drug-likeness (QED) is 0.574. The summed E-state index contributed by atoms with van der Waals surface area (Å²) in [6, 6.07) is 8.30. The first kappa shape index (κ1) is 19.8. The van der Waals surface area contributed by atoms with Crippen molar-refractivity contribution in [2.24, 2.45) is 11.1 Å². The Morgan fingerprint density at radius 3 is 2.68 bits per heavy atom. The van der Waals surface area contributed by atoms with Crippen molar-refractivity contribution in [1.82, 2.24) is 4.90 Å². The van der Waals surface area contributed by atoms with Gasteiger partial charge in [0.15, 0.2) is 0 Å². The number of carbonyl (C=O) groups is 1. The van der Waals surface area contributed by atoms with E-state index in [4.69, 9.17) is 5.73 Å². The van der Waals surface area contributed by atoms with Gasteiger partial charge >= 0.3 is 0 Å².